The first-order chi connectivity index (χ1) is 6.76. The van der Waals surface area contributed by atoms with E-state index in [1.165, 1.54) is 0 Å². The molecule has 0 saturated carbocycles. The molecule has 3 heteroatoms. The van der Waals surface area contributed by atoms with Crippen molar-refractivity contribution in [1.29, 1.82) is 0 Å². The fraction of sp³-hybridized carbons (Fsp3) is 0.636. The van der Waals surface area contributed by atoms with Gasteiger partial charge in [0, 0.05) is 0 Å². The lowest BCUT2D eigenvalue weighted by Crippen LogP contribution is -2.06. The van der Waals surface area contributed by atoms with E-state index in [9.17, 15) is 0 Å². The Morgan fingerprint density at radius 3 is 2.71 bits per heavy atom. The van der Waals surface area contributed by atoms with E-state index in [1.54, 1.807) is 0 Å². The van der Waals surface area contributed by atoms with Gasteiger partial charge in [-0.25, -0.2) is 0 Å². The van der Waals surface area contributed by atoms with Crippen LogP contribution in [-0.2, 0) is 17.9 Å². The number of ether oxygens (including phenoxy) is 1. The lowest BCUT2D eigenvalue weighted by atomic mass is 10.2. The van der Waals surface area contributed by atoms with Crippen molar-refractivity contribution in [1.82, 2.24) is 0 Å². The van der Waals surface area contributed by atoms with Crippen LogP contribution in [0.15, 0.2) is 16.5 Å². The average molecular weight is 197 g/mol. The van der Waals surface area contributed by atoms with Gasteiger partial charge in [-0.1, -0.05) is 13.3 Å². The Morgan fingerprint density at radius 1 is 1.43 bits per heavy atom. The van der Waals surface area contributed by atoms with Crippen molar-refractivity contribution in [2.75, 3.05) is 0 Å². The molecule has 0 radical (unpaired) electrons. The molecule has 0 aliphatic rings. The van der Waals surface area contributed by atoms with E-state index >= 15 is 0 Å². The van der Waals surface area contributed by atoms with Crippen LogP contribution < -0.4 is 5.73 Å². The predicted molar refractivity (Wildman–Crippen MR) is 55.8 cm³/mol. The molecule has 80 valence electrons. The van der Waals surface area contributed by atoms with E-state index in [2.05, 4.69) is 13.8 Å². The summed E-state index contributed by atoms with van der Waals surface area (Å²) in [5, 5.41) is 0. The molecule has 0 amide bonds. The molecule has 1 unspecified atom stereocenters. The number of hydrogen-bond acceptors (Lipinski definition) is 3. The molecular formula is C11H19NO2. The maximum atomic E-state index is 5.59. The molecule has 1 aromatic rings. The molecule has 3 nitrogen and oxygen atoms in total. The highest BCUT2D eigenvalue weighted by molar-refractivity contribution is 5.05. The van der Waals surface area contributed by atoms with E-state index in [0.29, 0.717) is 19.3 Å². The van der Waals surface area contributed by atoms with Gasteiger partial charge in [0.1, 0.15) is 18.1 Å². The monoisotopic (exact) mass is 197 g/mol. The molecule has 0 aromatic carbocycles. The summed E-state index contributed by atoms with van der Waals surface area (Å²) in [6.07, 6.45) is 2.53. The van der Waals surface area contributed by atoms with Gasteiger partial charge in [0.15, 0.2) is 0 Å². The Balaban J connectivity index is 2.30. The van der Waals surface area contributed by atoms with Gasteiger partial charge in [0.2, 0.25) is 0 Å². The van der Waals surface area contributed by atoms with E-state index in [1.807, 2.05) is 12.1 Å². The third-order valence-corrected chi connectivity index (χ3v) is 2.12. The van der Waals surface area contributed by atoms with Crippen molar-refractivity contribution in [3.05, 3.63) is 23.7 Å². The summed E-state index contributed by atoms with van der Waals surface area (Å²) >= 11 is 0. The van der Waals surface area contributed by atoms with Crippen molar-refractivity contribution in [3.8, 4) is 0 Å². The smallest absolute Gasteiger partial charge is 0.129 e. The molecule has 0 aliphatic heterocycles. The van der Waals surface area contributed by atoms with E-state index < -0.39 is 0 Å². The molecule has 0 saturated heterocycles. The summed E-state index contributed by atoms with van der Waals surface area (Å²) in [6, 6.07) is 3.81. The molecule has 1 aromatic heterocycles. The Bertz CT molecular complexity index is 258. The molecule has 0 spiro atoms. The van der Waals surface area contributed by atoms with Gasteiger partial charge in [-0.05, 0) is 25.5 Å². The lowest BCUT2D eigenvalue weighted by molar-refractivity contribution is 0.0367. The van der Waals surface area contributed by atoms with Crippen LogP contribution in [0.5, 0.6) is 0 Å². The van der Waals surface area contributed by atoms with E-state index in [4.69, 9.17) is 14.9 Å². The Kier molecular flexibility index (Phi) is 4.70. The van der Waals surface area contributed by atoms with Crippen molar-refractivity contribution in [2.45, 2.75) is 45.9 Å². The van der Waals surface area contributed by atoms with Crippen LogP contribution in [0.3, 0.4) is 0 Å². The average Bonchev–Trinajstić information content (AvgIpc) is 2.63. The molecule has 1 rings (SSSR count). The Labute approximate surface area is 85.2 Å². The molecule has 14 heavy (non-hydrogen) atoms. The van der Waals surface area contributed by atoms with Crippen LogP contribution >= 0.6 is 0 Å². The first-order valence-electron chi connectivity index (χ1n) is 5.15. The molecule has 0 aliphatic carbocycles. The number of nitrogens with two attached hydrogens (primary N) is 1. The number of rotatable bonds is 6. The van der Waals surface area contributed by atoms with Crippen LogP contribution in [-0.4, -0.2) is 6.10 Å². The minimum absolute atomic E-state index is 0.298. The molecule has 1 heterocycles. The fourth-order valence-corrected chi connectivity index (χ4v) is 1.32. The molecule has 2 N–H and O–H groups in total. The quantitative estimate of drug-likeness (QED) is 0.762. The van der Waals surface area contributed by atoms with Gasteiger partial charge in [-0.3, -0.25) is 0 Å². The van der Waals surface area contributed by atoms with E-state index in [0.717, 1.165) is 24.4 Å². The summed E-state index contributed by atoms with van der Waals surface area (Å²) in [6.45, 7) is 5.22. The highest BCUT2D eigenvalue weighted by Crippen LogP contribution is 2.10. The molecular weight excluding hydrogens is 178 g/mol. The second-order valence-electron chi connectivity index (χ2n) is 3.48. The summed E-state index contributed by atoms with van der Waals surface area (Å²) in [5.74, 6) is 1.67. The first kappa shape index (κ1) is 11.3. The predicted octanol–water partition coefficient (Wildman–Crippen LogP) is 2.44. The first-order valence-corrected chi connectivity index (χ1v) is 5.15. The van der Waals surface area contributed by atoms with Gasteiger partial charge in [-0.2, -0.15) is 0 Å². The van der Waals surface area contributed by atoms with Crippen LogP contribution in [0, 0.1) is 0 Å². The van der Waals surface area contributed by atoms with Crippen molar-refractivity contribution in [3.63, 3.8) is 0 Å². The largest absolute Gasteiger partial charge is 0.462 e. The van der Waals surface area contributed by atoms with Crippen molar-refractivity contribution in [2.24, 2.45) is 5.73 Å². The highest BCUT2D eigenvalue weighted by atomic mass is 16.5. The third kappa shape index (κ3) is 3.52. The maximum absolute atomic E-state index is 5.59. The third-order valence-electron chi connectivity index (χ3n) is 2.12. The second kappa shape index (κ2) is 5.83. The van der Waals surface area contributed by atoms with E-state index in [-0.39, 0.29) is 0 Å². The molecule has 0 bridgehead atoms. The normalized spacial score (nSPS) is 13.1. The van der Waals surface area contributed by atoms with Crippen molar-refractivity contribution < 1.29 is 9.15 Å². The lowest BCUT2D eigenvalue weighted by Gasteiger charge is -2.09. The van der Waals surface area contributed by atoms with Gasteiger partial charge in [0.05, 0.1) is 12.6 Å². The van der Waals surface area contributed by atoms with Crippen molar-refractivity contribution >= 4 is 0 Å². The fourth-order valence-electron chi connectivity index (χ4n) is 1.32. The van der Waals surface area contributed by atoms with Crippen LogP contribution in [0.2, 0.25) is 0 Å². The highest BCUT2D eigenvalue weighted by Gasteiger charge is 2.04. The summed E-state index contributed by atoms with van der Waals surface area (Å²) in [7, 11) is 0. The summed E-state index contributed by atoms with van der Waals surface area (Å²) in [5.41, 5.74) is 5.43. The zero-order valence-corrected chi connectivity index (χ0v) is 8.95. The topological polar surface area (TPSA) is 48.4 Å². The number of furan rings is 1. The molecule has 0 fully saturated rings. The minimum Gasteiger partial charge on any atom is -0.462 e. The SMILES string of the molecule is CCCC(C)OCc1ccc(CN)o1. The van der Waals surface area contributed by atoms with Crippen LogP contribution in [0.4, 0.5) is 0 Å². The summed E-state index contributed by atoms with van der Waals surface area (Å²) < 4.78 is 11.0. The summed E-state index contributed by atoms with van der Waals surface area (Å²) in [4.78, 5) is 0. The van der Waals surface area contributed by atoms with Gasteiger partial charge in [-0.15, -0.1) is 0 Å². The second-order valence-corrected chi connectivity index (χ2v) is 3.48. The van der Waals surface area contributed by atoms with Gasteiger partial charge < -0.3 is 14.9 Å². The van der Waals surface area contributed by atoms with Gasteiger partial charge in [0.25, 0.3) is 0 Å². The van der Waals surface area contributed by atoms with Gasteiger partial charge >= 0.3 is 0 Å². The van der Waals surface area contributed by atoms with Crippen LogP contribution in [0.25, 0.3) is 0 Å². The zero-order chi connectivity index (χ0) is 10.4. The Hall–Kier alpha value is -0.800. The standard InChI is InChI=1S/C11H19NO2/c1-3-4-9(2)13-8-11-6-5-10(7-12)14-11/h5-6,9H,3-4,7-8,12H2,1-2H3. The number of hydrogen-bond donors (Lipinski definition) is 1. The molecule has 1 atom stereocenters. The maximum Gasteiger partial charge on any atom is 0.129 e. The zero-order valence-electron chi connectivity index (χ0n) is 8.95. The Morgan fingerprint density at radius 2 is 2.14 bits per heavy atom. The minimum atomic E-state index is 0.298. The van der Waals surface area contributed by atoms with Crippen LogP contribution in [0.1, 0.15) is 38.2 Å².